The van der Waals surface area contributed by atoms with E-state index in [0.29, 0.717) is 12.5 Å². The fraction of sp³-hybridized carbons (Fsp3) is 0.357. The van der Waals surface area contributed by atoms with Crippen LogP contribution in [0.5, 0.6) is 0 Å². The highest BCUT2D eigenvalue weighted by atomic mass is 35.5. The molecule has 1 heterocycles. The lowest BCUT2D eigenvalue weighted by atomic mass is 10.1. The van der Waals surface area contributed by atoms with Gasteiger partial charge in [-0.15, -0.1) is 0 Å². The molecule has 4 heteroatoms. The van der Waals surface area contributed by atoms with Crippen LogP contribution in [0.2, 0.25) is 5.02 Å². The predicted molar refractivity (Wildman–Crippen MR) is 75.7 cm³/mol. The van der Waals surface area contributed by atoms with Crippen molar-refractivity contribution in [2.75, 3.05) is 6.54 Å². The highest BCUT2D eigenvalue weighted by Gasteiger charge is 2.10. The molecule has 18 heavy (non-hydrogen) atoms. The van der Waals surface area contributed by atoms with E-state index in [1.54, 1.807) is 0 Å². The summed E-state index contributed by atoms with van der Waals surface area (Å²) in [5, 5.41) is 0.740. The highest BCUT2D eigenvalue weighted by molar-refractivity contribution is 6.30. The summed E-state index contributed by atoms with van der Waals surface area (Å²) in [4.78, 5) is 7.97. The minimum absolute atomic E-state index is 0.439. The number of benzene rings is 1. The Bertz CT molecular complexity index is 516. The molecule has 1 unspecified atom stereocenters. The number of nitrogens with zero attached hydrogens (tertiary/aromatic N) is 1. The number of aryl methyl sites for hydroxylation is 1. The van der Waals surface area contributed by atoms with Crippen LogP contribution >= 0.6 is 11.6 Å². The number of aromatic nitrogens is 2. The zero-order chi connectivity index (χ0) is 13.1. The third-order valence-corrected chi connectivity index (χ3v) is 3.25. The van der Waals surface area contributed by atoms with E-state index >= 15 is 0 Å². The largest absolute Gasteiger partial charge is 0.346 e. The fourth-order valence-corrected chi connectivity index (χ4v) is 2.05. The lowest BCUT2D eigenvalue weighted by Gasteiger charge is -2.04. The van der Waals surface area contributed by atoms with E-state index in [1.165, 1.54) is 0 Å². The summed E-state index contributed by atoms with van der Waals surface area (Å²) < 4.78 is 0. The molecule has 3 N–H and O–H groups in total. The normalized spacial score (nSPS) is 12.7. The predicted octanol–water partition coefficient (Wildman–Crippen LogP) is 3.18. The van der Waals surface area contributed by atoms with Gasteiger partial charge in [-0.3, -0.25) is 0 Å². The Hall–Kier alpha value is -1.32. The molecule has 3 nitrogen and oxygen atoms in total. The molecule has 0 saturated heterocycles. The van der Waals surface area contributed by atoms with Crippen LogP contribution in [0, 0.1) is 12.8 Å². The van der Waals surface area contributed by atoms with E-state index in [9.17, 15) is 0 Å². The molecule has 0 spiro atoms. The van der Waals surface area contributed by atoms with E-state index < -0.39 is 0 Å². The van der Waals surface area contributed by atoms with Gasteiger partial charge in [0, 0.05) is 22.7 Å². The molecule has 0 saturated carbocycles. The third-order valence-electron chi connectivity index (χ3n) is 3.00. The molecule has 1 atom stereocenters. The smallest absolute Gasteiger partial charge is 0.107 e. The summed E-state index contributed by atoms with van der Waals surface area (Å²) in [6.45, 7) is 4.84. The van der Waals surface area contributed by atoms with Crippen molar-refractivity contribution in [2.24, 2.45) is 11.7 Å². The third kappa shape index (κ3) is 2.92. The number of rotatable bonds is 4. The number of aromatic amines is 1. The maximum absolute atomic E-state index is 5.89. The first kappa shape index (κ1) is 13.1. The van der Waals surface area contributed by atoms with Crippen LogP contribution in [0.25, 0.3) is 11.3 Å². The first-order valence-corrected chi connectivity index (χ1v) is 6.49. The standard InChI is InChI=1S/C14H18ClN3/c1-9(8-16)7-13-17-10(2)14(18-13)11-3-5-12(15)6-4-11/h3-6,9H,7-8,16H2,1-2H3,(H,17,18). The minimum atomic E-state index is 0.439. The quantitative estimate of drug-likeness (QED) is 0.890. The molecule has 2 rings (SSSR count). The Morgan fingerprint density at radius 3 is 2.61 bits per heavy atom. The second-order valence-electron chi connectivity index (χ2n) is 4.71. The van der Waals surface area contributed by atoms with Crippen molar-refractivity contribution in [3.8, 4) is 11.3 Å². The maximum atomic E-state index is 5.89. The molecule has 0 aliphatic rings. The van der Waals surface area contributed by atoms with Crippen molar-refractivity contribution < 1.29 is 0 Å². The lowest BCUT2D eigenvalue weighted by Crippen LogP contribution is -2.13. The average Bonchev–Trinajstić information content (AvgIpc) is 2.71. The Kier molecular flexibility index (Phi) is 4.04. The van der Waals surface area contributed by atoms with E-state index in [2.05, 4.69) is 16.9 Å². The Morgan fingerprint density at radius 2 is 2.00 bits per heavy atom. The van der Waals surface area contributed by atoms with Gasteiger partial charge in [0.15, 0.2) is 0 Å². The minimum Gasteiger partial charge on any atom is -0.346 e. The number of halogens is 1. The van der Waals surface area contributed by atoms with Crippen molar-refractivity contribution in [3.63, 3.8) is 0 Å². The second kappa shape index (κ2) is 5.55. The summed E-state index contributed by atoms with van der Waals surface area (Å²) >= 11 is 5.89. The van der Waals surface area contributed by atoms with Gasteiger partial charge in [-0.25, -0.2) is 4.98 Å². The Balaban J connectivity index is 2.26. The zero-order valence-electron chi connectivity index (χ0n) is 10.7. The van der Waals surface area contributed by atoms with Crippen LogP contribution in [0.4, 0.5) is 0 Å². The molecule has 0 aliphatic carbocycles. The molecule has 0 amide bonds. The average molecular weight is 264 g/mol. The van der Waals surface area contributed by atoms with E-state index in [1.807, 2.05) is 31.2 Å². The van der Waals surface area contributed by atoms with Crippen molar-refractivity contribution in [1.82, 2.24) is 9.97 Å². The molecule has 0 radical (unpaired) electrons. The van der Waals surface area contributed by atoms with Gasteiger partial charge in [0.05, 0.1) is 5.69 Å². The van der Waals surface area contributed by atoms with Crippen LogP contribution in [0.3, 0.4) is 0 Å². The molecule has 1 aromatic heterocycles. The molecular weight excluding hydrogens is 246 g/mol. The number of hydrogen-bond donors (Lipinski definition) is 2. The molecule has 0 aliphatic heterocycles. The number of hydrogen-bond acceptors (Lipinski definition) is 2. The topological polar surface area (TPSA) is 54.7 Å². The van der Waals surface area contributed by atoms with Crippen molar-refractivity contribution in [3.05, 3.63) is 40.8 Å². The Morgan fingerprint density at radius 1 is 1.33 bits per heavy atom. The van der Waals surface area contributed by atoms with Gasteiger partial charge >= 0.3 is 0 Å². The van der Waals surface area contributed by atoms with Gasteiger partial charge in [0.25, 0.3) is 0 Å². The van der Waals surface area contributed by atoms with Gasteiger partial charge < -0.3 is 10.7 Å². The summed E-state index contributed by atoms with van der Waals surface area (Å²) in [7, 11) is 0. The second-order valence-corrected chi connectivity index (χ2v) is 5.15. The molecular formula is C14H18ClN3. The van der Waals surface area contributed by atoms with E-state index in [-0.39, 0.29) is 0 Å². The maximum Gasteiger partial charge on any atom is 0.107 e. The van der Waals surface area contributed by atoms with Crippen LogP contribution in [-0.4, -0.2) is 16.5 Å². The van der Waals surface area contributed by atoms with Crippen molar-refractivity contribution >= 4 is 11.6 Å². The molecule has 96 valence electrons. The monoisotopic (exact) mass is 263 g/mol. The number of H-pyrrole nitrogens is 1. The first-order chi connectivity index (χ1) is 8.60. The van der Waals surface area contributed by atoms with Crippen LogP contribution in [0.15, 0.2) is 24.3 Å². The summed E-state index contributed by atoms with van der Waals surface area (Å²) in [5.74, 6) is 1.43. The molecule has 1 aromatic carbocycles. The lowest BCUT2D eigenvalue weighted by molar-refractivity contribution is 0.577. The molecule has 0 bridgehead atoms. The van der Waals surface area contributed by atoms with E-state index in [0.717, 1.165) is 34.2 Å². The molecule has 0 fully saturated rings. The van der Waals surface area contributed by atoms with Gasteiger partial charge in [0.2, 0.25) is 0 Å². The SMILES string of the molecule is Cc1[nH]c(CC(C)CN)nc1-c1ccc(Cl)cc1. The van der Waals surface area contributed by atoms with Crippen molar-refractivity contribution in [1.29, 1.82) is 0 Å². The summed E-state index contributed by atoms with van der Waals surface area (Å²) in [6.07, 6.45) is 0.880. The van der Waals surface area contributed by atoms with Crippen LogP contribution < -0.4 is 5.73 Å². The van der Waals surface area contributed by atoms with Crippen molar-refractivity contribution in [2.45, 2.75) is 20.3 Å². The van der Waals surface area contributed by atoms with Gasteiger partial charge in [-0.1, -0.05) is 30.7 Å². The van der Waals surface area contributed by atoms with Gasteiger partial charge in [0.1, 0.15) is 5.82 Å². The van der Waals surface area contributed by atoms with E-state index in [4.69, 9.17) is 17.3 Å². The number of imidazole rings is 1. The number of nitrogens with two attached hydrogens (primary N) is 1. The highest BCUT2D eigenvalue weighted by Crippen LogP contribution is 2.23. The zero-order valence-corrected chi connectivity index (χ0v) is 11.5. The van der Waals surface area contributed by atoms with Gasteiger partial charge in [-0.2, -0.15) is 0 Å². The molecule has 2 aromatic rings. The summed E-state index contributed by atoms with van der Waals surface area (Å²) in [6, 6.07) is 7.74. The Labute approximate surface area is 112 Å². The number of nitrogens with one attached hydrogen (secondary N) is 1. The van der Waals surface area contributed by atoms with Crippen LogP contribution in [-0.2, 0) is 6.42 Å². The first-order valence-electron chi connectivity index (χ1n) is 6.11. The fourth-order valence-electron chi connectivity index (χ4n) is 1.92. The van der Waals surface area contributed by atoms with Crippen LogP contribution in [0.1, 0.15) is 18.4 Å². The summed E-state index contributed by atoms with van der Waals surface area (Å²) in [5.41, 5.74) is 8.79. The van der Waals surface area contributed by atoms with Gasteiger partial charge in [-0.05, 0) is 31.5 Å².